The number of nitrogens with one attached hydrogen (secondary N) is 1. The lowest BCUT2D eigenvalue weighted by Gasteiger charge is -2.14. The van der Waals surface area contributed by atoms with E-state index in [4.69, 9.17) is 14.2 Å². The van der Waals surface area contributed by atoms with Gasteiger partial charge in [0.1, 0.15) is 36.6 Å². The van der Waals surface area contributed by atoms with Crippen LogP contribution in [0.3, 0.4) is 0 Å². The summed E-state index contributed by atoms with van der Waals surface area (Å²) in [6, 6.07) is 14.4. The Morgan fingerprint density at radius 1 is 0.923 bits per heavy atom. The predicted octanol–water partition coefficient (Wildman–Crippen LogP) is 1.99. The minimum Gasteiger partial charge on any atom is -0.508 e. The largest absolute Gasteiger partial charge is 0.508 e. The van der Waals surface area contributed by atoms with Gasteiger partial charge in [0.05, 0.1) is 6.61 Å². The summed E-state index contributed by atoms with van der Waals surface area (Å²) < 4.78 is 16.2. The average molecular weight is 361 g/mol. The average Bonchev–Trinajstić information content (AvgIpc) is 2.66. The third-order valence-corrected chi connectivity index (χ3v) is 3.72. The maximum absolute atomic E-state index is 9.96. The van der Waals surface area contributed by atoms with Crippen LogP contribution in [0.15, 0.2) is 48.5 Å². The molecule has 0 aromatic heterocycles. The molecule has 1 atom stereocenters. The van der Waals surface area contributed by atoms with Crippen LogP contribution >= 0.6 is 0 Å². The highest BCUT2D eigenvalue weighted by molar-refractivity contribution is 5.30. The standard InChI is InChI=1S/C20H27NO5/c1-24-12-10-16-2-6-20(7-3-16)26-15-18(23)14-21-11-13-25-19-8-4-17(22)5-9-19/h2-9,18,21-23H,10-15H2,1H3. The number of hydrogen-bond donors (Lipinski definition) is 3. The van der Waals surface area contributed by atoms with Crippen LogP contribution in [0.5, 0.6) is 17.2 Å². The highest BCUT2D eigenvalue weighted by atomic mass is 16.5. The van der Waals surface area contributed by atoms with Gasteiger partial charge in [0.25, 0.3) is 0 Å². The van der Waals surface area contributed by atoms with Crippen LogP contribution in [0.2, 0.25) is 0 Å². The molecule has 6 nitrogen and oxygen atoms in total. The quantitative estimate of drug-likeness (QED) is 0.502. The number of aromatic hydroxyl groups is 1. The van der Waals surface area contributed by atoms with Crippen molar-refractivity contribution in [2.45, 2.75) is 12.5 Å². The highest BCUT2D eigenvalue weighted by Gasteiger charge is 2.05. The Balaban J connectivity index is 1.55. The topological polar surface area (TPSA) is 80.2 Å². The zero-order valence-corrected chi connectivity index (χ0v) is 15.1. The highest BCUT2D eigenvalue weighted by Crippen LogP contribution is 2.15. The fraction of sp³-hybridized carbons (Fsp3) is 0.400. The third-order valence-electron chi connectivity index (χ3n) is 3.72. The third kappa shape index (κ3) is 7.74. The van der Waals surface area contributed by atoms with E-state index in [1.807, 2.05) is 24.3 Å². The van der Waals surface area contributed by atoms with E-state index in [1.165, 1.54) is 5.56 Å². The monoisotopic (exact) mass is 361 g/mol. The molecular formula is C20H27NO5. The van der Waals surface area contributed by atoms with Crippen molar-refractivity contribution in [3.05, 3.63) is 54.1 Å². The predicted molar refractivity (Wildman–Crippen MR) is 100.0 cm³/mol. The van der Waals surface area contributed by atoms with E-state index in [0.717, 1.165) is 12.2 Å². The molecule has 0 heterocycles. The van der Waals surface area contributed by atoms with E-state index in [2.05, 4.69) is 5.32 Å². The lowest BCUT2D eigenvalue weighted by atomic mass is 10.1. The fourth-order valence-electron chi connectivity index (χ4n) is 2.28. The molecule has 0 saturated heterocycles. The number of methoxy groups -OCH3 is 1. The van der Waals surface area contributed by atoms with Crippen molar-refractivity contribution in [1.29, 1.82) is 0 Å². The summed E-state index contributed by atoms with van der Waals surface area (Å²) in [6.45, 7) is 2.42. The first-order chi connectivity index (χ1) is 12.7. The van der Waals surface area contributed by atoms with Crippen molar-refractivity contribution in [2.24, 2.45) is 0 Å². The molecule has 6 heteroatoms. The molecule has 26 heavy (non-hydrogen) atoms. The molecule has 0 fully saturated rings. The maximum atomic E-state index is 9.96. The summed E-state index contributed by atoms with van der Waals surface area (Å²) in [5.41, 5.74) is 1.19. The van der Waals surface area contributed by atoms with Gasteiger partial charge in [0.15, 0.2) is 0 Å². The molecule has 142 valence electrons. The van der Waals surface area contributed by atoms with Gasteiger partial charge in [-0.25, -0.2) is 0 Å². The molecule has 0 radical (unpaired) electrons. The van der Waals surface area contributed by atoms with Crippen LogP contribution in [0, 0.1) is 0 Å². The SMILES string of the molecule is COCCc1ccc(OCC(O)CNCCOc2ccc(O)cc2)cc1. The molecule has 0 aliphatic carbocycles. The number of phenols is 1. The minimum atomic E-state index is -0.600. The molecule has 0 spiro atoms. The summed E-state index contributed by atoms with van der Waals surface area (Å²) in [5.74, 6) is 1.64. The van der Waals surface area contributed by atoms with Crippen molar-refractivity contribution < 1.29 is 24.4 Å². The normalized spacial score (nSPS) is 11.9. The second-order valence-corrected chi connectivity index (χ2v) is 5.90. The minimum absolute atomic E-state index is 0.211. The summed E-state index contributed by atoms with van der Waals surface area (Å²) in [6.07, 6.45) is 0.270. The molecular weight excluding hydrogens is 334 g/mol. The van der Waals surface area contributed by atoms with Crippen molar-refractivity contribution in [1.82, 2.24) is 5.32 Å². The van der Waals surface area contributed by atoms with Gasteiger partial charge in [-0.15, -0.1) is 0 Å². The van der Waals surface area contributed by atoms with Crippen LogP contribution < -0.4 is 14.8 Å². The number of rotatable bonds is 12. The number of aliphatic hydroxyl groups excluding tert-OH is 1. The molecule has 0 aliphatic rings. The molecule has 0 amide bonds. The van der Waals surface area contributed by atoms with E-state index in [-0.39, 0.29) is 12.4 Å². The number of hydrogen-bond acceptors (Lipinski definition) is 6. The number of benzene rings is 2. The van der Waals surface area contributed by atoms with Crippen LogP contribution in [0.4, 0.5) is 0 Å². The van der Waals surface area contributed by atoms with Gasteiger partial charge in [0.2, 0.25) is 0 Å². The second-order valence-electron chi connectivity index (χ2n) is 5.90. The van der Waals surface area contributed by atoms with Gasteiger partial charge < -0.3 is 29.7 Å². The smallest absolute Gasteiger partial charge is 0.119 e. The van der Waals surface area contributed by atoms with E-state index < -0.39 is 6.10 Å². The Hall–Kier alpha value is -2.28. The molecule has 0 bridgehead atoms. The summed E-state index contributed by atoms with van der Waals surface area (Å²) in [4.78, 5) is 0. The second kappa shape index (κ2) is 11.4. The van der Waals surface area contributed by atoms with Crippen molar-refractivity contribution in [3.63, 3.8) is 0 Å². The van der Waals surface area contributed by atoms with Crippen LogP contribution in [0.1, 0.15) is 5.56 Å². The van der Waals surface area contributed by atoms with Gasteiger partial charge in [-0.3, -0.25) is 0 Å². The van der Waals surface area contributed by atoms with Gasteiger partial charge in [-0.1, -0.05) is 12.1 Å². The Kier molecular flexibility index (Phi) is 8.75. The van der Waals surface area contributed by atoms with Crippen molar-refractivity contribution in [3.8, 4) is 17.2 Å². The van der Waals surface area contributed by atoms with Crippen LogP contribution in [0.25, 0.3) is 0 Å². The van der Waals surface area contributed by atoms with Crippen molar-refractivity contribution >= 4 is 0 Å². The van der Waals surface area contributed by atoms with Crippen LogP contribution in [-0.4, -0.2) is 56.3 Å². The summed E-state index contributed by atoms with van der Waals surface area (Å²) >= 11 is 0. The number of ether oxygens (including phenoxy) is 3. The van der Waals surface area contributed by atoms with Gasteiger partial charge in [0, 0.05) is 20.2 Å². The molecule has 2 rings (SSSR count). The van der Waals surface area contributed by atoms with E-state index in [9.17, 15) is 10.2 Å². The lowest BCUT2D eigenvalue weighted by molar-refractivity contribution is 0.105. The summed E-state index contributed by atoms with van der Waals surface area (Å²) in [5, 5.41) is 22.3. The maximum Gasteiger partial charge on any atom is 0.119 e. The lowest BCUT2D eigenvalue weighted by Crippen LogP contribution is -2.33. The molecule has 0 aliphatic heterocycles. The summed E-state index contributed by atoms with van der Waals surface area (Å²) in [7, 11) is 1.69. The van der Waals surface area contributed by atoms with Gasteiger partial charge in [-0.05, 0) is 48.4 Å². The first kappa shape index (κ1) is 20.0. The molecule has 0 saturated carbocycles. The molecule has 1 unspecified atom stereocenters. The Morgan fingerprint density at radius 3 is 2.27 bits per heavy atom. The Labute approximate surface area is 154 Å². The fourth-order valence-corrected chi connectivity index (χ4v) is 2.28. The first-order valence-electron chi connectivity index (χ1n) is 8.68. The number of aliphatic hydroxyl groups is 1. The van der Waals surface area contributed by atoms with Crippen LogP contribution in [-0.2, 0) is 11.2 Å². The molecule has 2 aromatic rings. The van der Waals surface area contributed by atoms with E-state index >= 15 is 0 Å². The Morgan fingerprint density at radius 2 is 1.58 bits per heavy atom. The van der Waals surface area contributed by atoms with Crippen molar-refractivity contribution in [2.75, 3.05) is 40.0 Å². The molecule has 2 aromatic carbocycles. The zero-order chi connectivity index (χ0) is 18.6. The van der Waals surface area contributed by atoms with E-state index in [0.29, 0.717) is 32.1 Å². The Bertz CT molecular complexity index is 615. The van der Waals surface area contributed by atoms with Gasteiger partial charge in [-0.2, -0.15) is 0 Å². The first-order valence-corrected chi connectivity index (χ1v) is 8.68. The number of phenolic OH excluding ortho intramolecular Hbond substituents is 1. The zero-order valence-electron chi connectivity index (χ0n) is 15.1. The van der Waals surface area contributed by atoms with E-state index in [1.54, 1.807) is 31.4 Å². The van der Waals surface area contributed by atoms with Gasteiger partial charge >= 0.3 is 0 Å². The molecule has 3 N–H and O–H groups in total.